The first-order valence-electron chi connectivity index (χ1n) is 12.7. The average molecular weight is 456 g/mol. The van der Waals surface area contributed by atoms with Crippen molar-refractivity contribution in [2.45, 2.75) is 51.1 Å². The van der Waals surface area contributed by atoms with E-state index in [2.05, 4.69) is 52.0 Å². The molecule has 3 aliphatic heterocycles. The summed E-state index contributed by atoms with van der Waals surface area (Å²) in [6, 6.07) is 15.8. The van der Waals surface area contributed by atoms with E-state index in [4.69, 9.17) is 4.74 Å². The van der Waals surface area contributed by atoms with Crippen LogP contribution in [0.5, 0.6) is 0 Å². The van der Waals surface area contributed by atoms with E-state index in [0.717, 1.165) is 69.5 Å². The maximum absolute atomic E-state index is 13.8. The number of fused-ring (bicyclic) bond motifs is 3. The number of hydrogen-bond acceptors (Lipinski definition) is 4. The first kappa shape index (κ1) is 21.6. The van der Waals surface area contributed by atoms with Crippen LogP contribution in [0.25, 0.3) is 10.8 Å². The van der Waals surface area contributed by atoms with Gasteiger partial charge in [-0.05, 0) is 85.7 Å². The van der Waals surface area contributed by atoms with Gasteiger partial charge < -0.3 is 14.5 Å². The minimum Gasteiger partial charge on any atom is -0.378 e. The topological polar surface area (TPSA) is 45.7 Å². The predicted molar refractivity (Wildman–Crippen MR) is 135 cm³/mol. The van der Waals surface area contributed by atoms with Crippen molar-refractivity contribution in [2.24, 2.45) is 5.92 Å². The molecule has 0 spiro atoms. The third-order valence-electron chi connectivity index (χ3n) is 8.18. The minimum absolute atomic E-state index is 0.232. The molecule has 6 rings (SSSR count). The van der Waals surface area contributed by atoms with Crippen molar-refractivity contribution in [1.29, 1.82) is 0 Å². The van der Waals surface area contributed by atoms with Gasteiger partial charge in [0.1, 0.15) is 0 Å². The van der Waals surface area contributed by atoms with Crippen molar-refractivity contribution in [2.75, 3.05) is 31.2 Å². The van der Waals surface area contributed by atoms with Crippen LogP contribution in [0.1, 0.15) is 47.2 Å². The van der Waals surface area contributed by atoms with Crippen LogP contribution >= 0.6 is 0 Å². The summed E-state index contributed by atoms with van der Waals surface area (Å²) >= 11 is 0. The summed E-state index contributed by atoms with van der Waals surface area (Å²) in [6.07, 6.45) is 9.38. The second-order valence-corrected chi connectivity index (χ2v) is 10.2. The molecule has 176 valence electrons. The number of benzene rings is 2. The standard InChI is InChI=1S/C29H33N3O2/c1-20-27(3-2-4-28(20)31-11-13-34-14-12-31)29(33)32-25-7-8-26(32)18-22(17-25)15-21-5-6-23-9-10-30-19-24(23)16-21/h2-6,9-10,16,19,22,25-26H,7-8,11-15,17-18H2,1H3/t25-,26-/m0/s1. The van der Waals surface area contributed by atoms with Crippen molar-refractivity contribution >= 4 is 22.4 Å². The van der Waals surface area contributed by atoms with Gasteiger partial charge in [0.15, 0.2) is 0 Å². The number of rotatable bonds is 4. The molecule has 1 aromatic heterocycles. The number of nitrogens with zero attached hydrogens (tertiary/aromatic N) is 3. The highest BCUT2D eigenvalue weighted by molar-refractivity contribution is 5.97. The van der Waals surface area contributed by atoms with Crippen LogP contribution in [-0.4, -0.2) is 54.2 Å². The highest BCUT2D eigenvalue weighted by Crippen LogP contribution is 2.41. The van der Waals surface area contributed by atoms with Gasteiger partial charge in [-0.2, -0.15) is 0 Å². The highest BCUT2D eigenvalue weighted by atomic mass is 16.5. The molecule has 3 fully saturated rings. The lowest BCUT2D eigenvalue weighted by Gasteiger charge is -2.40. The second-order valence-electron chi connectivity index (χ2n) is 10.2. The largest absolute Gasteiger partial charge is 0.378 e. The van der Waals surface area contributed by atoms with Gasteiger partial charge >= 0.3 is 0 Å². The average Bonchev–Trinajstić information content (AvgIpc) is 3.14. The first-order chi connectivity index (χ1) is 16.7. The van der Waals surface area contributed by atoms with Crippen molar-refractivity contribution in [3.05, 3.63) is 71.5 Å². The number of carbonyl (C=O) groups excluding carboxylic acids is 1. The van der Waals surface area contributed by atoms with Crippen LogP contribution in [0, 0.1) is 12.8 Å². The van der Waals surface area contributed by atoms with E-state index >= 15 is 0 Å². The summed E-state index contributed by atoms with van der Waals surface area (Å²) in [5, 5.41) is 2.46. The maximum atomic E-state index is 13.8. The van der Waals surface area contributed by atoms with E-state index in [9.17, 15) is 4.79 Å². The van der Waals surface area contributed by atoms with Gasteiger partial charge in [0.05, 0.1) is 13.2 Å². The van der Waals surface area contributed by atoms with Gasteiger partial charge in [-0.3, -0.25) is 9.78 Å². The Hall–Kier alpha value is -2.92. The summed E-state index contributed by atoms with van der Waals surface area (Å²) in [4.78, 5) is 22.7. The Balaban J connectivity index is 1.18. The lowest BCUT2D eigenvalue weighted by atomic mass is 9.85. The highest BCUT2D eigenvalue weighted by Gasteiger charge is 2.43. The fraction of sp³-hybridized carbons (Fsp3) is 0.448. The molecule has 3 aliphatic rings. The number of ether oxygens (including phenoxy) is 1. The monoisotopic (exact) mass is 455 g/mol. The molecule has 3 aromatic rings. The lowest BCUT2D eigenvalue weighted by molar-refractivity contribution is 0.0524. The predicted octanol–water partition coefficient (Wildman–Crippen LogP) is 5.01. The smallest absolute Gasteiger partial charge is 0.254 e. The number of piperidine rings is 1. The number of morpholine rings is 1. The van der Waals surface area contributed by atoms with Crippen molar-refractivity contribution < 1.29 is 9.53 Å². The fourth-order valence-corrected chi connectivity index (χ4v) is 6.52. The normalized spacial score (nSPS) is 24.6. The van der Waals surface area contributed by atoms with Gasteiger partial charge in [0, 0.05) is 54.2 Å². The molecule has 34 heavy (non-hydrogen) atoms. The fourth-order valence-electron chi connectivity index (χ4n) is 6.52. The van der Waals surface area contributed by atoms with E-state index in [1.807, 2.05) is 24.5 Å². The Labute approximate surface area is 201 Å². The summed E-state index contributed by atoms with van der Waals surface area (Å²) in [5.41, 5.74) is 4.56. The Morgan fingerprint density at radius 3 is 2.62 bits per heavy atom. The molecule has 2 bridgehead atoms. The molecule has 0 radical (unpaired) electrons. The number of pyridine rings is 1. The Bertz CT molecular complexity index is 1190. The number of aromatic nitrogens is 1. The summed E-state index contributed by atoms with van der Waals surface area (Å²) in [6.45, 7) is 5.40. The van der Waals surface area contributed by atoms with Crippen LogP contribution < -0.4 is 4.90 Å². The van der Waals surface area contributed by atoms with Crippen molar-refractivity contribution in [1.82, 2.24) is 9.88 Å². The van der Waals surface area contributed by atoms with E-state index in [1.165, 1.54) is 22.0 Å². The molecule has 5 nitrogen and oxygen atoms in total. The zero-order chi connectivity index (χ0) is 23.1. The van der Waals surface area contributed by atoms with E-state index in [1.54, 1.807) is 0 Å². The van der Waals surface area contributed by atoms with Gasteiger partial charge in [-0.15, -0.1) is 0 Å². The second kappa shape index (κ2) is 9.03. The van der Waals surface area contributed by atoms with E-state index in [-0.39, 0.29) is 5.91 Å². The Morgan fingerprint density at radius 1 is 1.03 bits per heavy atom. The van der Waals surface area contributed by atoms with Gasteiger partial charge in [-0.25, -0.2) is 0 Å². The molecule has 0 saturated carbocycles. The minimum atomic E-state index is 0.232. The first-order valence-corrected chi connectivity index (χ1v) is 12.7. The molecular weight excluding hydrogens is 422 g/mol. The summed E-state index contributed by atoms with van der Waals surface area (Å²) < 4.78 is 5.52. The molecule has 2 aromatic carbocycles. The number of hydrogen-bond donors (Lipinski definition) is 0. The molecule has 0 aliphatic carbocycles. The van der Waals surface area contributed by atoms with Gasteiger partial charge in [0.2, 0.25) is 0 Å². The number of carbonyl (C=O) groups is 1. The van der Waals surface area contributed by atoms with Gasteiger partial charge in [0.25, 0.3) is 5.91 Å². The molecule has 1 amide bonds. The molecule has 2 atom stereocenters. The van der Waals surface area contributed by atoms with E-state index < -0.39 is 0 Å². The molecule has 3 saturated heterocycles. The van der Waals surface area contributed by atoms with Crippen molar-refractivity contribution in [3.63, 3.8) is 0 Å². The Kier molecular flexibility index (Phi) is 5.74. The Morgan fingerprint density at radius 2 is 1.82 bits per heavy atom. The molecule has 0 unspecified atom stereocenters. The third kappa shape index (κ3) is 3.96. The van der Waals surface area contributed by atoms with Crippen LogP contribution in [0.4, 0.5) is 5.69 Å². The van der Waals surface area contributed by atoms with Gasteiger partial charge in [-0.1, -0.05) is 18.2 Å². The summed E-state index contributed by atoms with van der Waals surface area (Å²) in [7, 11) is 0. The zero-order valence-corrected chi connectivity index (χ0v) is 20.0. The van der Waals surface area contributed by atoms with Crippen LogP contribution in [-0.2, 0) is 11.2 Å². The van der Waals surface area contributed by atoms with Crippen LogP contribution in [0.15, 0.2) is 54.9 Å². The quantitative estimate of drug-likeness (QED) is 0.555. The van der Waals surface area contributed by atoms with Crippen LogP contribution in [0.2, 0.25) is 0 Å². The lowest BCUT2D eigenvalue weighted by Crippen LogP contribution is -2.47. The molecule has 4 heterocycles. The molecule has 5 heteroatoms. The number of amides is 1. The van der Waals surface area contributed by atoms with Crippen molar-refractivity contribution in [3.8, 4) is 0 Å². The zero-order valence-electron chi connectivity index (χ0n) is 20.0. The van der Waals surface area contributed by atoms with E-state index in [0.29, 0.717) is 18.0 Å². The van der Waals surface area contributed by atoms with Crippen LogP contribution in [0.3, 0.4) is 0 Å². The number of anilines is 1. The molecule has 0 N–H and O–H groups in total. The SMILES string of the molecule is Cc1c(C(=O)N2[C@H]3CC[C@H]2CC(Cc2ccc4ccncc4c2)C3)cccc1N1CCOCC1. The maximum Gasteiger partial charge on any atom is 0.254 e. The molecular formula is C29H33N3O2. The third-order valence-corrected chi connectivity index (χ3v) is 8.18. The summed E-state index contributed by atoms with van der Waals surface area (Å²) in [5.74, 6) is 0.867.